The molecule has 1 atom stereocenters. The van der Waals surface area contributed by atoms with Crippen LogP contribution >= 0.6 is 15.9 Å². The highest BCUT2D eigenvalue weighted by atomic mass is 79.9. The largest absolute Gasteiger partial charge is 0.497 e. The minimum absolute atomic E-state index is 0.0726. The predicted molar refractivity (Wildman–Crippen MR) is 79.4 cm³/mol. The third kappa shape index (κ3) is 4.13. The number of amides is 1. The van der Waals surface area contributed by atoms with Gasteiger partial charge in [0.1, 0.15) is 11.5 Å². The second-order valence-corrected chi connectivity index (χ2v) is 5.19. The normalized spacial score (nSPS) is 12.1. The molecule has 0 aromatic heterocycles. The van der Waals surface area contributed by atoms with Crippen molar-refractivity contribution in [3.8, 4) is 11.5 Å². The van der Waals surface area contributed by atoms with Crippen molar-refractivity contribution >= 4 is 21.8 Å². The minimum atomic E-state index is -0.158. The lowest BCUT2D eigenvalue weighted by molar-refractivity contribution is 0.0928. The first-order valence-electron chi connectivity index (χ1n) is 6.12. The van der Waals surface area contributed by atoms with Gasteiger partial charge in [-0.15, -0.1) is 0 Å². The lowest BCUT2D eigenvalue weighted by atomic mass is 10.1. The smallest absolute Gasteiger partial charge is 0.255 e. The molecule has 0 fully saturated rings. The van der Waals surface area contributed by atoms with Gasteiger partial charge < -0.3 is 14.8 Å². The van der Waals surface area contributed by atoms with Crippen molar-refractivity contribution in [3.63, 3.8) is 0 Å². The monoisotopic (exact) mass is 329 g/mol. The molecule has 1 amide bonds. The molecule has 0 saturated heterocycles. The average Bonchev–Trinajstić information content (AvgIpc) is 2.43. The molecule has 1 unspecified atom stereocenters. The van der Waals surface area contributed by atoms with E-state index in [2.05, 4.69) is 35.1 Å². The molecule has 0 aliphatic rings. The fourth-order valence-corrected chi connectivity index (χ4v) is 2.53. The molecule has 0 heterocycles. The molecule has 0 aliphatic carbocycles. The van der Waals surface area contributed by atoms with Gasteiger partial charge >= 0.3 is 0 Å². The van der Waals surface area contributed by atoms with Crippen LogP contribution in [0.25, 0.3) is 0 Å². The number of halogens is 1. The number of nitrogens with one attached hydrogen (secondary N) is 1. The number of ether oxygens (including phenoxy) is 2. The van der Waals surface area contributed by atoms with Crippen molar-refractivity contribution < 1.29 is 14.3 Å². The van der Waals surface area contributed by atoms with E-state index in [0.29, 0.717) is 28.3 Å². The van der Waals surface area contributed by atoms with Crippen molar-refractivity contribution in [1.82, 2.24) is 5.32 Å². The van der Waals surface area contributed by atoms with Gasteiger partial charge in [-0.3, -0.25) is 4.79 Å². The summed E-state index contributed by atoms with van der Waals surface area (Å²) in [5, 5.41) is 3.70. The fraction of sp³-hybridized carbons (Fsp3) is 0.500. The van der Waals surface area contributed by atoms with Crippen LogP contribution in [0.3, 0.4) is 0 Å². The maximum Gasteiger partial charge on any atom is 0.255 e. The summed E-state index contributed by atoms with van der Waals surface area (Å²) in [6, 6.07) is 5.25. The van der Waals surface area contributed by atoms with Crippen molar-refractivity contribution in [1.29, 1.82) is 0 Å². The third-order valence-electron chi connectivity index (χ3n) is 2.94. The van der Waals surface area contributed by atoms with E-state index < -0.39 is 0 Å². The molecule has 5 heteroatoms. The van der Waals surface area contributed by atoms with Gasteiger partial charge in [0.25, 0.3) is 5.91 Å². The minimum Gasteiger partial charge on any atom is -0.497 e. The van der Waals surface area contributed by atoms with Gasteiger partial charge in [-0.2, -0.15) is 0 Å². The summed E-state index contributed by atoms with van der Waals surface area (Å²) >= 11 is 3.41. The van der Waals surface area contributed by atoms with E-state index >= 15 is 0 Å². The van der Waals surface area contributed by atoms with E-state index in [9.17, 15) is 4.79 Å². The van der Waals surface area contributed by atoms with Crippen LogP contribution in [0.1, 0.15) is 24.2 Å². The lowest BCUT2D eigenvalue weighted by Gasteiger charge is -2.20. The van der Waals surface area contributed by atoms with Crippen LogP contribution in [0.5, 0.6) is 11.5 Å². The van der Waals surface area contributed by atoms with Crippen LogP contribution in [0.15, 0.2) is 18.2 Å². The van der Waals surface area contributed by atoms with Crippen LogP contribution in [0.2, 0.25) is 0 Å². The van der Waals surface area contributed by atoms with Gasteiger partial charge in [-0.05, 0) is 24.1 Å². The SMILES string of the molecule is COc1ccc(OC)c(C(=O)NC(CBr)C(C)C)c1. The van der Waals surface area contributed by atoms with Crippen molar-refractivity contribution in [2.24, 2.45) is 5.92 Å². The summed E-state index contributed by atoms with van der Waals surface area (Å²) in [4.78, 5) is 12.3. The summed E-state index contributed by atoms with van der Waals surface area (Å²) < 4.78 is 10.4. The number of hydrogen-bond acceptors (Lipinski definition) is 3. The number of carbonyl (C=O) groups is 1. The van der Waals surface area contributed by atoms with E-state index in [1.54, 1.807) is 32.4 Å². The molecular weight excluding hydrogens is 310 g/mol. The summed E-state index contributed by atoms with van der Waals surface area (Å²) in [5.41, 5.74) is 0.480. The molecule has 1 aromatic rings. The van der Waals surface area contributed by atoms with Gasteiger partial charge in [-0.1, -0.05) is 29.8 Å². The first-order chi connectivity index (χ1) is 9.03. The number of alkyl halides is 1. The van der Waals surface area contributed by atoms with Crippen LogP contribution in [0, 0.1) is 5.92 Å². The maximum atomic E-state index is 12.3. The summed E-state index contributed by atoms with van der Waals surface area (Å²) in [7, 11) is 3.11. The van der Waals surface area contributed by atoms with E-state index in [4.69, 9.17) is 9.47 Å². The molecule has 0 bridgehead atoms. The summed E-state index contributed by atoms with van der Waals surface area (Å²) in [6.45, 7) is 4.13. The number of hydrogen-bond donors (Lipinski definition) is 1. The van der Waals surface area contributed by atoms with E-state index in [1.165, 1.54) is 0 Å². The molecule has 0 radical (unpaired) electrons. The van der Waals surface area contributed by atoms with Crippen molar-refractivity contribution in [2.45, 2.75) is 19.9 Å². The Labute approximate surface area is 122 Å². The molecule has 106 valence electrons. The van der Waals surface area contributed by atoms with Gasteiger partial charge in [-0.25, -0.2) is 0 Å². The Morgan fingerprint density at radius 2 is 2.00 bits per heavy atom. The van der Waals surface area contributed by atoms with Crippen molar-refractivity contribution in [2.75, 3.05) is 19.5 Å². The van der Waals surface area contributed by atoms with Crippen LogP contribution in [-0.4, -0.2) is 31.5 Å². The first kappa shape index (κ1) is 15.8. The topological polar surface area (TPSA) is 47.6 Å². The second kappa shape index (κ2) is 7.38. The molecule has 0 saturated carbocycles. The van der Waals surface area contributed by atoms with Crippen LogP contribution in [-0.2, 0) is 0 Å². The zero-order valence-corrected chi connectivity index (χ0v) is 13.3. The highest BCUT2D eigenvalue weighted by Crippen LogP contribution is 2.24. The third-order valence-corrected chi connectivity index (χ3v) is 3.64. The molecule has 1 N–H and O–H groups in total. The summed E-state index contributed by atoms with van der Waals surface area (Å²) in [6.07, 6.45) is 0. The fourth-order valence-electron chi connectivity index (χ4n) is 1.62. The number of benzene rings is 1. The van der Waals surface area contributed by atoms with E-state index in [1.807, 2.05) is 0 Å². The van der Waals surface area contributed by atoms with Gasteiger partial charge in [0.2, 0.25) is 0 Å². The lowest BCUT2D eigenvalue weighted by Crippen LogP contribution is -2.39. The van der Waals surface area contributed by atoms with E-state index in [-0.39, 0.29) is 11.9 Å². The molecule has 1 rings (SSSR count). The average molecular weight is 330 g/mol. The zero-order chi connectivity index (χ0) is 14.4. The van der Waals surface area contributed by atoms with Crippen molar-refractivity contribution in [3.05, 3.63) is 23.8 Å². The molecule has 0 spiro atoms. The number of carbonyl (C=O) groups excluding carboxylic acids is 1. The highest BCUT2D eigenvalue weighted by molar-refractivity contribution is 9.09. The highest BCUT2D eigenvalue weighted by Gasteiger charge is 2.19. The Morgan fingerprint density at radius 1 is 1.32 bits per heavy atom. The maximum absolute atomic E-state index is 12.3. The number of rotatable bonds is 6. The quantitative estimate of drug-likeness (QED) is 0.816. The molecule has 1 aromatic carbocycles. The van der Waals surface area contributed by atoms with E-state index in [0.717, 1.165) is 0 Å². The zero-order valence-electron chi connectivity index (χ0n) is 11.7. The first-order valence-corrected chi connectivity index (χ1v) is 7.24. The molecule has 19 heavy (non-hydrogen) atoms. The predicted octanol–water partition coefficient (Wildman–Crippen LogP) is 2.85. The second-order valence-electron chi connectivity index (χ2n) is 4.54. The van der Waals surface area contributed by atoms with Gasteiger partial charge in [0.15, 0.2) is 0 Å². The summed E-state index contributed by atoms with van der Waals surface area (Å²) in [5.74, 6) is 1.36. The Hall–Kier alpha value is -1.23. The molecule has 0 aliphatic heterocycles. The molecular formula is C14H20BrNO3. The van der Waals surface area contributed by atoms with Gasteiger partial charge in [0, 0.05) is 11.4 Å². The number of methoxy groups -OCH3 is 2. The Bertz CT molecular complexity index is 435. The van der Waals surface area contributed by atoms with Crippen LogP contribution in [0.4, 0.5) is 0 Å². The Kier molecular flexibility index (Phi) is 6.15. The Morgan fingerprint density at radius 3 is 2.47 bits per heavy atom. The van der Waals surface area contributed by atoms with Crippen LogP contribution < -0.4 is 14.8 Å². The van der Waals surface area contributed by atoms with Gasteiger partial charge in [0.05, 0.1) is 19.8 Å². The molecule has 4 nitrogen and oxygen atoms in total. The Balaban J connectivity index is 2.97. The standard InChI is InChI=1S/C14H20BrNO3/c1-9(2)12(8-15)16-14(17)11-7-10(18-3)5-6-13(11)19-4/h5-7,9,12H,8H2,1-4H3,(H,16,17).